The van der Waals surface area contributed by atoms with Gasteiger partial charge in [-0.15, -0.1) is 0 Å². The van der Waals surface area contributed by atoms with Crippen molar-refractivity contribution in [3.8, 4) is 0 Å². The highest BCUT2D eigenvalue weighted by atomic mass is 16.5. The van der Waals surface area contributed by atoms with Gasteiger partial charge in [0.2, 0.25) is 5.91 Å². The lowest BCUT2D eigenvalue weighted by Crippen LogP contribution is -2.55. The van der Waals surface area contributed by atoms with E-state index in [2.05, 4.69) is 64.8 Å². The van der Waals surface area contributed by atoms with E-state index in [0.29, 0.717) is 25.4 Å². The third kappa shape index (κ3) is 5.16. The number of nitrogens with zero attached hydrogens (tertiary/aromatic N) is 5. The second kappa shape index (κ2) is 10.7. The van der Waals surface area contributed by atoms with Crippen molar-refractivity contribution in [2.75, 3.05) is 52.8 Å². The summed E-state index contributed by atoms with van der Waals surface area (Å²) in [5.41, 5.74) is 1.54. The Labute approximate surface area is 207 Å². The number of ether oxygens (including phenoxy) is 1. The zero-order valence-corrected chi connectivity index (χ0v) is 20.9. The molecule has 1 aromatic carbocycles. The average Bonchev–Trinajstić information content (AvgIpc) is 3.11. The van der Waals surface area contributed by atoms with Gasteiger partial charge < -0.3 is 19.9 Å². The Balaban J connectivity index is 1.52. The molecule has 1 spiro atoms. The van der Waals surface area contributed by atoms with Crippen molar-refractivity contribution in [2.24, 2.45) is 0 Å². The summed E-state index contributed by atoms with van der Waals surface area (Å²) in [5.74, 6) is -0.233. The summed E-state index contributed by atoms with van der Waals surface area (Å²) in [6, 6.07) is 12.3. The van der Waals surface area contributed by atoms with Crippen molar-refractivity contribution < 1.29 is 14.3 Å². The van der Waals surface area contributed by atoms with Gasteiger partial charge in [-0.05, 0) is 57.8 Å². The molecule has 2 aromatic rings. The molecule has 9 heteroatoms. The van der Waals surface area contributed by atoms with E-state index in [-0.39, 0.29) is 29.6 Å². The van der Waals surface area contributed by atoms with Gasteiger partial charge >= 0.3 is 6.03 Å². The van der Waals surface area contributed by atoms with Gasteiger partial charge in [0.05, 0.1) is 23.6 Å². The highest BCUT2D eigenvalue weighted by Crippen LogP contribution is 2.48. The van der Waals surface area contributed by atoms with Gasteiger partial charge in [0.15, 0.2) is 0 Å². The number of hydrogen-bond acceptors (Lipinski definition) is 6. The normalized spacial score (nSPS) is 24.4. The average molecular weight is 481 g/mol. The Hall–Kier alpha value is -3.04. The fourth-order valence-electron chi connectivity index (χ4n) is 5.74. The molecule has 2 aliphatic rings. The van der Waals surface area contributed by atoms with Gasteiger partial charge in [-0.1, -0.05) is 30.3 Å². The van der Waals surface area contributed by atoms with Gasteiger partial charge in [-0.3, -0.25) is 9.69 Å². The van der Waals surface area contributed by atoms with E-state index in [0.717, 1.165) is 32.1 Å². The van der Waals surface area contributed by atoms with Crippen LogP contribution >= 0.6 is 0 Å². The zero-order chi connectivity index (χ0) is 24.9. The first-order chi connectivity index (χ1) is 16.9. The molecule has 1 aliphatic carbocycles. The van der Waals surface area contributed by atoms with E-state index in [1.165, 1.54) is 18.0 Å². The molecule has 1 aliphatic heterocycles. The monoisotopic (exact) mass is 480 g/mol. The molecule has 0 atom stereocenters. The first-order valence-corrected chi connectivity index (χ1v) is 12.3. The molecule has 0 unspecified atom stereocenters. The largest absolute Gasteiger partial charge is 0.385 e. The van der Waals surface area contributed by atoms with Crippen LogP contribution in [0.15, 0.2) is 48.8 Å². The van der Waals surface area contributed by atoms with Crippen LogP contribution in [-0.2, 0) is 15.1 Å². The molecule has 1 saturated heterocycles. The van der Waals surface area contributed by atoms with Crippen molar-refractivity contribution in [1.82, 2.24) is 24.9 Å². The van der Waals surface area contributed by atoms with E-state index < -0.39 is 0 Å². The molecule has 0 radical (unpaired) electrons. The number of benzene rings is 1. The van der Waals surface area contributed by atoms with Crippen LogP contribution in [0.1, 0.15) is 37.7 Å². The Morgan fingerprint density at radius 3 is 2.49 bits per heavy atom. The minimum absolute atomic E-state index is 0.0151. The molecule has 188 valence electrons. The molecule has 1 N–H and O–H groups in total. The van der Waals surface area contributed by atoms with Crippen LogP contribution in [0, 0.1) is 0 Å². The van der Waals surface area contributed by atoms with Gasteiger partial charge in [-0.2, -0.15) is 10.2 Å². The maximum Gasteiger partial charge on any atom is 0.321 e. The van der Waals surface area contributed by atoms with E-state index in [9.17, 15) is 9.59 Å². The smallest absolute Gasteiger partial charge is 0.321 e. The Morgan fingerprint density at radius 1 is 1.11 bits per heavy atom. The van der Waals surface area contributed by atoms with E-state index in [4.69, 9.17) is 4.74 Å². The first-order valence-electron chi connectivity index (χ1n) is 12.3. The minimum Gasteiger partial charge on any atom is -0.385 e. The lowest BCUT2D eigenvalue weighted by Gasteiger charge is -2.51. The standard InChI is InChI=1S/C26H36N6O3/c1-30(2)26(21-8-5-4-6-9-21)13-11-25(12-14-26)20-31(24(34)32(25)16-7-17-35-3)19-23(33)29-22-10-15-27-28-18-22/h4-6,8-10,15,18H,7,11-14,16-17,19-20H2,1-3H3,(H,27,29,33)/t25-,26-. The molecule has 2 fully saturated rings. The van der Waals surface area contributed by atoms with Crippen LogP contribution in [0.5, 0.6) is 0 Å². The third-order valence-corrected chi connectivity index (χ3v) is 7.67. The molecular formula is C26H36N6O3. The highest BCUT2D eigenvalue weighted by Gasteiger charge is 2.54. The van der Waals surface area contributed by atoms with Crippen LogP contribution in [0.4, 0.5) is 10.5 Å². The van der Waals surface area contributed by atoms with Crippen molar-refractivity contribution in [1.29, 1.82) is 0 Å². The molecule has 0 bridgehead atoms. The molecule has 1 saturated carbocycles. The lowest BCUT2D eigenvalue weighted by atomic mass is 9.68. The molecule has 2 heterocycles. The molecular weight excluding hydrogens is 444 g/mol. The summed E-state index contributed by atoms with van der Waals surface area (Å²) in [6.45, 7) is 1.79. The van der Waals surface area contributed by atoms with Crippen LogP contribution in [-0.4, -0.2) is 89.8 Å². The maximum atomic E-state index is 13.5. The number of hydrogen-bond donors (Lipinski definition) is 1. The van der Waals surface area contributed by atoms with Gasteiger partial charge in [0, 0.05) is 32.3 Å². The molecule has 3 amide bonds. The third-order valence-electron chi connectivity index (χ3n) is 7.67. The lowest BCUT2D eigenvalue weighted by molar-refractivity contribution is -0.116. The summed E-state index contributed by atoms with van der Waals surface area (Å²) in [4.78, 5) is 32.3. The van der Waals surface area contributed by atoms with Crippen LogP contribution in [0.3, 0.4) is 0 Å². The Bertz CT molecular complexity index is 993. The number of carbonyl (C=O) groups is 2. The second-order valence-corrected chi connectivity index (χ2v) is 9.83. The number of amides is 3. The SMILES string of the molecule is COCCCN1C(=O)N(CC(=O)Nc2ccnnc2)C[C@]12CC[C@@](c1ccccc1)(N(C)C)CC2. The number of methoxy groups -OCH3 is 1. The molecule has 9 nitrogen and oxygen atoms in total. The second-order valence-electron chi connectivity index (χ2n) is 9.83. The number of carbonyl (C=O) groups excluding carboxylic acids is 2. The predicted molar refractivity (Wildman–Crippen MR) is 134 cm³/mol. The zero-order valence-electron chi connectivity index (χ0n) is 20.9. The van der Waals surface area contributed by atoms with Gasteiger partial charge in [-0.25, -0.2) is 4.79 Å². The number of anilines is 1. The summed E-state index contributed by atoms with van der Waals surface area (Å²) >= 11 is 0. The molecule has 1 aromatic heterocycles. The van der Waals surface area contributed by atoms with Crippen LogP contribution < -0.4 is 5.32 Å². The number of urea groups is 1. The summed E-state index contributed by atoms with van der Waals surface area (Å²) < 4.78 is 5.26. The Kier molecular flexibility index (Phi) is 7.66. The van der Waals surface area contributed by atoms with Crippen molar-refractivity contribution in [3.05, 3.63) is 54.4 Å². The van der Waals surface area contributed by atoms with E-state index >= 15 is 0 Å². The van der Waals surface area contributed by atoms with Crippen LogP contribution in [0.2, 0.25) is 0 Å². The number of aromatic nitrogens is 2. The van der Waals surface area contributed by atoms with Gasteiger partial charge in [0.1, 0.15) is 6.54 Å². The minimum atomic E-state index is -0.280. The highest BCUT2D eigenvalue weighted by molar-refractivity contribution is 5.94. The summed E-state index contributed by atoms with van der Waals surface area (Å²) in [5, 5.41) is 10.3. The van der Waals surface area contributed by atoms with E-state index in [1.54, 1.807) is 18.1 Å². The molecule has 4 rings (SSSR count). The number of nitrogens with one attached hydrogen (secondary N) is 1. The number of rotatable bonds is 9. The van der Waals surface area contributed by atoms with Crippen molar-refractivity contribution in [2.45, 2.75) is 43.2 Å². The fourth-order valence-corrected chi connectivity index (χ4v) is 5.74. The van der Waals surface area contributed by atoms with Crippen LogP contribution in [0.25, 0.3) is 0 Å². The quantitative estimate of drug-likeness (QED) is 0.555. The van der Waals surface area contributed by atoms with E-state index in [1.807, 2.05) is 4.90 Å². The summed E-state index contributed by atoms with van der Waals surface area (Å²) in [6.07, 6.45) is 7.44. The van der Waals surface area contributed by atoms with Gasteiger partial charge in [0.25, 0.3) is 0 Å². The first kappa shape index (κ1) is 25.1. The summed E-state index contributed by atoms with van der Waals surface area (Å²) in [7, 11) is 5.97. The maximum absolute atomic E-state index is 13.5. The van der Waals surface area contributed by atoms with Crippen molar-refractivity contribution in [3.63, 3.8) is 0 Å². The Morgan fingerprint density at radius 2 is 1.86 bits per heavy atom. The molecule has 35 heavy (non-hydrogen) atoms. The topological polar surface area (TPSA) is 90.9 Å². The fraction of sp³-hybridized carbons (Fsp3) is 0.538. The predicted octanol–water partition coefficient (Wildman–Crippen LogP) is 2.96. The van der Waals surface area contributed by atoms with Crippen molar-refractivity contribution >= 4 is 17.6 Å².